The predicted octanol–water partition coefficient (Wildman–Crippen LogP) is 2.34. The van der Waals surface area contributed by atoms with Gasteiger partial charge in [0.15, 0.2) is 0 Å². The van der Waals surface area contributed by atoms with Crippen molar-refractivity contribution in [1.82, 2.24) is 10.2 Å². The van der Waals surface area contributed by atoms with Crippen LogP contribution in [-0.4, -0.2) is 49.1 Å². The maximum atomic E-state index is 14.1. The minimum absolute atomic E-state index is 0. The van der Waals surface area contributed by atoms with E-state index >= 15 is 0 Å². The minimum Gasteiger partial charge on any atom is -0.366 e. The molecule has 2 N–H and O–H groups in total. The number of para-hydroxylation sites is 1. The van der Waals surface area contributed by atoms with E-state index in [4.69, 9.17) is 4.74 Å². The average molecular weight is 426 g/mol. The van der Waals surface area contributed by atoms with Gasteiger partial charge in [-0.25, -0.2) is 8.78 Å². The molecule has 0 spiro atoms. The fourth-order valence-electron chi connectivity index (χ4n) is 2.90. The molecule has 2 amide bonds. The predicted molar refractivity (Wildman–Crippen MR) is 107 cm³/mol. The molecule has 1 atom stereocenters. The van der Waals surface area contributed by atoms with Crippen molar-refractivity contribution >= 4 is 29.9 Å². The average Bonchev–Trinajstić information content (AvgIpc) is 2.71. The lowest BCUT2D eigenvalue weighted by atomic mass is 10.1. The zero-order valence-electron chi connectivity index (χ0n) is 15.6. The zero-order valence-corrected chi connectivity index (χ0v) is 16.4. The number of carbonyl (C=O) groups is 2. The molecule has 9 heteroatoms. The Morgan fingerprint density at radius 3 is 2.45 bits per heavy atom. The summed E-state index contributed by atoms with van der Waals surface area (Å²) in [5, 5.41) is 5.49. The van der Waals surface area contributed by atoms with E-state index in [1.807, 2.05) is 0 Å². The van der Waals surface area contributed by atoms with E-state index in [1.165, 1.54) is 29.2 Å². The molecular weight excluding hydrogens is 404 g/mol. The molecule has 0 aliphatic carbocycles. The third kappa shape index (κ3) is 6.22. The monoisotopic (exact) mass is 425 g/mol. The molecule has 2 aromatic rings. The van der Waals surface area contributed by atoms with Gasteiger partial charge in [-0.15, -0.1) is 12.4 Å². The second kappa shape index (κ2) is 10.8. The molecule has 6 nitrogen and oxygen atoms in total. The first kappa shape index (κ1) is 22.7. The lowest BCUT2D eigenvalue weighted by Gasteiger charge is -2.29. The summed E-state index contributed by atoms with van der Waals surface area (Å²) in [5.41, 5.74) is 0.291. The van der Waals surface area contributed by atoms with Crippen LogP contribution < -0.4 is 10.6 Å². The molecule has 3 rings (SSSR count). The van der Waals surface area contributed by atoms with Crippen molar-refractivity contribution in [2.45, 2.75) is 12.6 Å². The van der Waals surface area contributed by atoms with Gasteiger partial charge in [-0.3, -0.25) is 9.59 Å². The summed E-state index contributed by atoms with van der Waals surface area (Å²) in [5.74, 6) is -2.07. The second-order valence-electron chi connectivity index (χ2n) is 6.38. The number of morpholine rings is 1. The van der Waals surface area contributed by atoms with Gasteiger partial charge in [-0.05, 0) is 18.2 Å². The SMILES string of the molecule is Cl.O=C(CN(Cc1ccccc1F)C(=O)C1CNCCO1)Nc1ccccc1F. The Morgan fingerprint density at radius 1 is 1.10 bits per heavy atom. The summed E-state index contributed by atoms with van der Waals surface area (Å²) in [6, 6.07) is 11.8. The summed E-state index contributed by atoms with van der Waals surface area (Å²) in [7, 11) is 0. The normalized spacial score (nSPS) is 15.9. The number of amides is 2. The standard InChI is InChI=1S/C20H21F2N3O3.ClH/c21-15-6-2-1-5-14(15)12-25(20(27)18-11-23-9-10-28-18)13-19(26)24-17-8-4-3-7-16(17)22;/h1-8,18,23H,9-13H2,(H,24,26);1H. The number of carbonyl (C=O) groups excluding carboxylic acids is 2. The smallest absolute Gasteiger partial charge is 0.253 e. The van der Waals surface area contributed by atoms with E-state index in [2.05, 4.69) is 10.6 Å². The first-order valence-corrected chi connectivity index (χ1v) is 8.93. The largest absolute Gasteiger partial charge is 0.366 e. The van der Waals surface area contributed by atoms with Gasteiger partial charge in [-0.1, -0.05) is 30.3 Å². The van der Waals surface area contributed by atoms with Gasteiger partial charge in [0.25, 0.3) is 5.91 Å². The van der Waals surface area contributed by atoms with Gasteiger partial charge in [-0.2, -0.15) is 0 Å². The van der Waals surface area contributed by atoms with Crippen LogP contribution in [0.5, 0.6) is 0 Å². The van der Waals surface area contributed by atoms with Gasteiger partial charge in [0.05, 0.1) is 12.3 Å². The Labute approximate surface area is 173 Å². The van der Waals surface area contributed by atoms with Crippen molar-refractivity contribution in [1.29, 1.82) is 0 Å². The fraction of sp³-hybridized carbons (Fsp3) is 0.300. The van der Waals surface area contributed by atoms with Crippen LogP contribution in [-0.2, 0) is 20.9 Å². The fourth-order valence-corrected chi connectivity index (χ4v) is 2.90. The first-order chi connectivity index (χ1) is 13.5. The maximum Gasteiger partial charge on any atom is 0.253 e. The van der Waals surface area contributed by atoms with Crippen molar-refractivity contribution in [2.24, 2.45) is 0 Å². The number of rotatable bonds is 6. The number of halogens is 3. The third-order valence-corrected chi connectivity index (χ3v) is 4.32. The van der Waals surface area contributed by atoms with Gasteiger partial charge >= 0.3 is 0 Å². The van der Waals surface area contributed by atoms with Crippen LogP contribution in [0.1, 0.15) is 5.56 Å². The van der Waals surface area contributed by atoms with Crippen LogP contribution >= 0.6 is 12.4 Å². The second-order valence-corrected chi connectivity index (χ2v) is 6.38. The van der Waals surface area contributed by atoms with Crippen molar-refractivity contribution in [3.05, 3.63) is 65.7 Å². The van der Waals surface area contributed by atoms with E-state index in [0.717, 1.165) is 0 Å². The molecule has 0 aromatic heterocycles. The molecule has 0 radical (unpaired) electrons. The van der Waals surface area contributed by atoms with Crippen LogP contribution in [0.15, 0.2) is 48.5 Å². The maximum absolute atomic E-state index is 14.1. The highest BCUT2D eigenvalue weighted by Crippen LogP contribution is 2.15. The van der Waals surface area contributed by atoms with Crippen LogP contribution in [0.3, 0.4) is 0 Å². The summed E-state index contributed by atoms with van der Waals surface area (Å²) < 4.78 is 33.3. The van der Waals surface area contributed by atoms with Crippen molar-refractivity contribution in [3.63, 3.8) is 0 Å². The van der Waals surface area contributed by atoms with Gasteiger partial charge in [0, 0.05) is 25.2 Å². The molecular formula is C20H22ClF2N3O3. The highest BCUT2D eigenvalue weighted by atomic mass is 35.5. The van der Waals surface area contributed by atoms with E-state index in [9.17, 15) is 18.4 Å². The number of benzene rings is 2. The summed E-state index contributed by atoms with van der Waals surface area (Å²) in [6.07, 6.45) is -0.762. The molecule has 0 bridgehead atoms. The van der Waals surface area contributed by atoms with E-state index < -0.39 is 29.6 Å². The van der Waals surface area contributed by atoms with Crippen LogP contribution in [0, 0.1) is 11.6 Å². The van der Waals surface area contributed by atoms with Gasteiger partial charge in [0.2, 0.25) is 5.91 Å². The first-order valence-electron chi connectivity index (χ1n) is 8.93. The lowest BCUT2D eigenvalue weighted by molar-refractivity contribution is -0.147. The molecule has 1 aliphatic rings. The van der Waals surface area contributed by atoms with E-state index in [1.54, 1.807) is 24.3 Å². The quantitative estimate of drug-likeness (QED) is 0.745. The summed E-state index contributed by atoms with van der Waals surface area (Å²) in [6.45, 7) is 0.842. The van der Waals surface area contributed by atoms with E-state index in [-0.39, 0.29) is 36.7 Å². The highest BCUT2D eigenvalue weighted by molar-refractivity contribution is 5.95. The summed E-state index contributed by atoms with van der Waals surface area (Å²) in [4.78, 5) is 26.5. The molecule has 1 heterocycles. The number of hydrogen-bond acceptors (Lipinski definition) is 4. The molecule has 0 saturated carbocycles. The number of nitrogens with zero attached hydrogens (tertiary/aromatic N) is 1. The Kier molecular flexibility index (Phi) is 8.50. The molecule has 29 heavy (non-hydrogen) atoms. The zero-order chi connectivity index (χ0) is 19.9. The number of nitrogens with one attached hydrogen (secondary N) is 2. The Morgan fingerprint density at radius 2 is 1.79 bits per heavy atom. The number of hydrogen-bond donors (Lipinski definition) is 2. The number of anilines is 1. The van der Waals surface area contributed by atoms with Crippen LogP contribution in [0.2, 0.25) is 0 Å². The third-order valence-electron chi connectivity index (χ3n) is 4.32. The van der Waals surface area contributed by atoms with Crippen molar-refractivity contribution in [3.8, 4) is 0 Å². The molecule has 1 unspecified atom stereocenters. The molecule has 1 saturated heterocycles. The Balaban J connectivity index is 0.00000300. The van der Waals surface area contributed by atoms with Gasteiger partial charge in [0.1, 0.15) is 24.3 Å². The minimum atomic E-state index is -0.762. The van der Waals surface area contributed by atoms with Crippen molar-refractivity contribution in [2.75, 3.05) is 31.6 Å². The van der Waals surface area contributed by atoms with Crippen LogP contribution in [0.4, 0.5) is 14.5 Å². The molecule has 1 fully saturated rings. The van der Waals surface area contributed by atoms with Crippen LogP contribution in [0.25, 0.3) is 0 Å². The number of ether oxygens (including phenoxy) is 1. The Hall–Kier alpha value is -2.55. The highest BCUT2D eigenvalue weighted by Gasteiger charge is 2.29. The lowest BCUT2D eigenvalue weighted by Crippen LogP contribution is -2.50. The molecule has 1 aliphatic heterocycles. The molecule has 156 valence electrons. The summed E-state index contributed by atoms with van der Waals surface area (Å²) >= 11 is 0. The Bertz CT molecular complexity index is 847. The topological polar surface area (TPSA) is 70.7 Å². The van der Waals surface area contributed by atoms with E-state index in [0.29, 0.717) is 19.7 Å². The van der Waals surface area contributed by atoms with Crippen molar-refractivity contribution < 1.29 is 23.1 Å². The molecule has 2 aromatic carbocycles. The van der Waals surface area contributed by atoms with Gasteiger partial charge < -0.3 is 20.3 Å².